The predicted octanol–water partition coefficient (Wildman–Crippen LogP) is 1.96. The van der Waals surface area contributed by atoms with Crippen molar-refractivity contribution < 1.29 is 9.90 Å². The van der Waals surface area contributed by atoms with Crippen LogP contribution >= 0.6 is 12.4 Å². The summed E-state index contributed by atoms with van der Waals surface area (Å²) in [5.74, 6) is 1.62. The van der Waals surface area contributed by atoms with Crippen LogP contribution in [0.5, 0.6) is 0 Å². The highest BCUT2D eigenvalue weighted by Crippen LogP contribution is 2.24. The highest BCUT2D eigenvalue weighted by Gasteiger charge is 2.23. The second-order valence-corrected chi connectivity index (χ2v) is 6.20. The van der Waals surface area contributed by atoms with Crippen LogP contribution in [-0.2, 0) is 4.79 Å². The Balaban J connectivity index is 0.00000361. The Bertz CT molecular complexity index is 269. The molecule has 0 aromatic heterocycles. The van der Waals surface area contributed by atoms with Gasteiger partial charge >= 0.3 is 0 Å². The number of hydrogen-bond donors (Lipinski definition) is 3. The number of amides is 1. The second-order valence-electron chi connectivity index (χ2n) is 6.20. The van der Waals surface area contributed by atoms with Gasteiger partial charge in [0.2, 0.25) is 5.91 Å². The van der Waals surface area contributed by atoms with Crippen molar-refractivity contribution in [3.63, 3.8) is 0 Å². The third kappa shape index (κ3) is 6.91. The fourth-order valence-corrected chi connectivity index (χ4v) is 2.85. The third-order valence-corrected chi connectivity index (χ3v) is 4.29. The molecule has 20 heavy (non-hydrogen) atoms. The molecular formula is C15H31ClN2O2. The van der Waals surface area contributed by atoms with Gasteiger partial charge in [0.15, 0.2) is 0 Å². The quantitative estimate of drug-likeness (QED) is 0.674. The van der Waals surface area contributed by atoms with E-state index in [1.54, 1.807) is 0 Å². The van der Waals surface area contributed by atoms with E-state index in [1.165, 1.54) is 12.8 Å². The van der Waals surface area contributed by atoms with Crippen molar-refractivity contribution >= 4 is 18.3 Å². The molecule has 2 unspecified atom stereocenters. The number of hydrogen-bond acceptors (Lipinski definition) is 3. The molecule has 1 saturated heterocycles. The molecule has 1 aliphatic rings. The molecule has 0 bridgehead atoms. The lowest BCUT2D eigenvalue weighted by atomic mass is 9.84. The van der Waals surface area contributed by atoms with Gasteiger partial charge in [-0.15, -0.1) is 12.4 Å². The molecule has 3 N–H and O–H groups in total. The van der Waals surface area contributed by atoms with Crippen LogP contribution in [0.15, 0.2) is 0 Å². The van der Waals surface area contributed by atoms with Crippen molar-refractivity contribution in [1.29, 1.82) is 0 Å². The van der Waals surface area contributed by atoms with Gasteiger partial charge in [-0.05, 0) is 50.1 Å². The molecule has 1 amide bonds. The van der Waals surface area contributed by atoms with Crippen molar-refractivity contribution in [2.75, 3.05) is 19.7 Å². The van der Waals surface area contributed by atoms with Gasteiger partial charge in [-0.2, -0.15) is 0 Å². The number of carbonyl (C=O) groups excluding carboxylic acids is 1. The normalized spacial score (nSPS) is 19.2. The lowest BCUT2D eigenvalue weighted by Crippen LogP contribution is -2.40. The van der Waals surface area contributed by atoms with E-state index in [0.29, 0.717) is 30.6 Å². The molecule has 1 aliphatic heterocycles. The fraction of sp³-hybridized carbons (Fsp3) is 0.933. The highest BCUT2D eigenvalue weighted by atomic mass is 35.5. The first-order valence-corrected chi connectivity index (χ1v) is 7.65. The number of rotatable bonds is 7. The van der Waals surface area contributed by atoms with Crippen molar-refractivity contribution in [3.05, 3.63) is 0 Å². The van der Waals surface area contributed by atoms with E-state index in [9.17, 15) is 4.79 Å². The summed E-state index contributed by atoms with van der Waals surface area (Å²) in [5, 5.41) is 15.5. The Labute approximate surface area is 129 Å². The molecule has 1 rings (SSSR count). The first kappa shape index (κ1) is 19.7. The maximum absolute atomic E-state index is 12.1. The predicted molar refractivity (Wildman–Crippen MR) is 85.1 cm³/mol. The zero-order valence-electron chi connectivity index (χ0n) is 13.0. The Morgan fingerprint density at radius 2 is 1.90 bits per heavy atom. The molecule has 0 aliphatic carbocycles. The van der Waals surface area contributed by atoms with Gasteiger partial charge < -0.3 is 15.7 Å². The van der Waals surface area contributed by atoms with Crippen LogP contribution in [0.25, 0.3) is 0 Å². The smallest absolute Gasteiger partial charge is 0.220 e. The van der Waals surface area contributed by atoms with E-state index >= 15 is 0 Å². The summed E-state index contributed by atoms with van der Waals surface area (Å²) in [5.41, 5.74) is 0. The van der Waals surface area contributed by atoms with E-state index in [2.05, 4.69) is 31.4 Å². The molecule has 1 fully saturated rings. The molecule has 4 nitrogen and oxygen atoms in total. The SMILES string of the molecule is CC(C)C(CCO)NC(=O)CC(C)C1CCNCC1.Cl. The van der Waals surface area contributed by atoms with Crippen molar-refractivity contribution in [3.8, 4) is 0 Å². The number of aliphatic hydroxyl groups is 1. The molecule has 0 aromatic rings. The molecule has 120 valence electrons. The minimum absolute atomic E-state index is 0. The van der Waals surface area contributed by atoms with E-state index in [1.807, 2.05) is 0 Å². The average Bonchev–Trinajstić information content (AvgIpc) is 2.39. The molecule has 1 heterocycles. The summed E-state index contributed by atoms with van der Waals surface area (Å²) < 4.78 is 0. The van der Waals surface area contributed by atoms with E-state index in [-0.39, 0.29) is 31.0 Å². The summed E-state index contributed by atoms with van der Waals surface area (Å²) in [4.78, 5) is 12.1. The lowest BCUT2D eigenvalue weighted by molar-refractivity contribution is -0.123. The standard InChI is InChI=1S/C15H30N2O2.ClH/c1-11(2)14(6-9-18)17-15(19)10-12(3)13-4-7-16-8-5-13;/h11-14,16,18H,4-10H2,1-3H3,(H,17,19);1H. The van der Waals surface area contributed by atoms with Crippen LogP contribution in [-0.4, -0.2) is 36.8 Å². The zero-order chi connectivity index (χ0) is 14.3. The molecule has 2 atom stereocenters. The van der Waals surface area contributed by atoms with Crippen LogP contribution in [0.1, 0.15) is 46.5 Å². The van der Waals surface area contributed by atoms with Gasteiger partial charge in [-0.25, -0.2) is 0 Å². The minimum Gasteiger partial charge on any atom is -0.396 e. The summed E-state index contributed by atoms with van der Waals surface area (Å²) in [6.45, 7) is 8.64. The largest absolute Gasteiger partial charge is 0.396 e. The Morgan fingerprint density at radius 1 is 1.30 bits per heavy atom. The Kier molecular flexibility index (Phi) is 10.2. The van der Waals surface area contributed by atoms with Gasteiger partial charge in [-0.1, -0.05) is 20.8 Å². The van der Waals surface area contributed by atoms with Crippen molar-refractivity contribution in [2.24, 2.45) is 17.8 Å². The van der Waals surface area contributed by atoms with Crippen LogP contribution < -0.4 is 10.6 Å². The van der Waals surface area contributed by atoms with Gasteiger partial charge in [0.05, 0.1) is 0 Å². The first-order chi connectivity index (χ1) is 9.04. The van der Waals surface area contributed by atoms with Gasteiger partial charge in [-0.3, -0.25) is 4.79 Å². The molecule has 0 radical (unpaired) electrons. The molecule has 5 heteroatoms. The lowest BCUT2D eigenvalue weighted by Gasteiger charge is -2.29. The number of halogens is 1. The average molecular weight is 307 g/mol. The second kappa shape index (κ2) is 10.4. The summed E-state index contributed by atoms with van der Waals surface area (Å²) in [7, 11) is 0. The van der Waals surface area contributed by atoms with Crippen LogP contribution in [0, 0.1) is 17.8 Å². The third-order valence-electron chi connectivity index (χ3n) is 4.29. The molecular weight excluding hydrogens is 276 g/mol. The van der Waals surface area contributed by atoms with E-state index < -0.39 is 0 Å². The Hall–Kier alpha value is -0.320. The number of aliphatic hydroxyl groups excluding tert-OH is 1. The first-order valence-electron chi connectivity index (χ1n) is 7.65. The Morgan fingerprint density at radius 3 is 2.40 bits per heavy atom. The minimum atomic E-state index is 0. The zero-order valence-corrected chi connectivity index (χ0v) is 13.8. The molecule has 0 aromatic carbocycles. The van der Waals surface area contributed by atoms with Crippen LogP contribution in [0.2, 0.25) is 0 Å². The van der Waals surface area contributed by atoms with Gasteiger partial charge in [0.25, 0.3) is 0 Å². The number of nitrogens with one attached hydrogen (secondary N) is 2. The molecule has 0 saturated carbocycles. The molecule has 0 spiro atoms. The highest BCUT2D eigenvalue weighted by molar-refractivity contribution is 5.85. The van der Waals surface area contributed by atoms with Gasteiger partial charge in [0.1, 0.15) is 0 Å². The summed E-state index contributed by atoms with van der Waals surface area (Å²) in [6.07, 6.45) is 3.61. The van der Waals surface area contributed by atoms with Crippen LogP contribution in [0.4, 0.5) is 0 Å². The summed E-state index contributed by atoms with van der Waals surface area (Å²) >= 11 is 0. The van der Waals surface area contributed by atoms with Crippen molar-refractivity contribution in [2.45, 2.75) is 52.5 Å². The number of carbonyl (C=O) groups is 1. The van der Waals surface area contributed by atoms with Gasteiger partial charge in [0, 0.05) is 19.1 Å². The number of piperidine rings is 1. The van der Waals surface area contributed by atoms with E-state index in [4.69, 9.17) is 5.11 Å². The monoisotopic (exact) mass is 306 g/mol. The van der Waals surface area contributed by atoms with Crippen LogP contribution in [0.3, 0.4) is 0 Å². The maximum Gasteiger partial charge on any atom is 0.220 e. The van der Waals surface area contributed by atoms with Crippen molar-refractivity contribution in [1.82, 2.24) is 10.6 Å². The summed E-state index contributed by atoms with van der Waals surface area (Å²) in [6, 6.07) is 0.0951. The maximum atomic E-state index is 12.1. The fourth-order valence-electron chi connectivity index (χ4n) is 2.85. The topological polar surface area (TPSA) is 61.4 Å². The van der Waals surface area contributed by atoms with E-state index in [0.717, 1.165) is 13.1 Å².